The fourth-order valence-electron chi connectivity index (χ4n) is 2.06. The van der Waals surface area contributed by atoms with Gasteiger partial charge in [-0.05, 0) is 30.3 Å². The number of fused-ring (bicyclic) bond motifs is 1. The Morgan fingerprint density at radius 2 is 1.82 bits per heavy atom. The smallest absolute Gasteiger partial charge is 0.312 e. The van der Waals surface area contributed by atoms with Gasteiger partial charge in [-0.15, -0.1) is 0 Å². The molecule has 0 saturated heterocycles. The van der Waals surface area contributed by atoms with E-state index in [-0.39, 0.29) is 22.1 Å². The third-order valence-corrected chi connectivity index (χ3v) is 4.84. The zero-order valence-electron chi connectivity index (χ0n) is 11.3. The molecule has 0 aliphatic rings. The summed E-state index contributed by atoms with van der Waals surface area (Å²) in [6.07, 6.45) is -0.352. The maximum Gasteiger partial charge on any atom is 0.312 e. The van der Waals surface area contributed by atoms with Crippen LogP contribution in [0.25, 0.3) is 11.1 Å². The van der Waals surface area contributed by atoms with Crippen LogP contribution >= 0.6 is 0 Å². The van der Waals surface area contributed by atoms with Crippen molar-refractivity contribution in [3.8, 4) is 0 Å². The second kappa shape index (κ2) is 5.27. The largest absolute Gasteiger partial charge is 0.481 e. The van der Waals surface area contributed by atoms with Crippen LogP contribution in [0.1, 0.15) is 5.89 Å². The maximum absolute atomic E-state index is 12.5. The Morgan fingerprint density at radius 3 is 2.50 bits per heavy atom. The van der Waals surface area contributed by atoms with Crippen LogP contribution in [-0.4, -0.2) is 24.5 Å². The van der Waals surface area contributed by atoms with Crippen molar-refractivity contribution >= 4 is 26.9 Å². The predicted octanol–water partition coefficient (Wildman–Crippen LogP) is 2.29. The van der Waals surface area contributed by atoms with Crippen molar-refractivity contribution in [2.75, 3.05) is 0 Å². The highest BCUT2D eigenvalue weighted by Gasteiger charge is 2.19. The quantitative estimate of drug-likeness (QED) is 0.793. The predicted molar refractivity (Wildman–Crippen MR) is 77.2 cm³/mol. The summed E-state index contributed by atoms with van der Waals surface area (Å²) in [6.45, 7) is 0. The van der Waals surface area contributed by atoms with Crippen LogP contribution in [0.2, 0.25) is 0 Å². The van der Waals surface area contributed by atoms with Gasteiger partial charge in [0.1, 0.15) is 11.9 Å². The van der Waals surface area contributed by atoms with Crippen molar-refractivity contribution in [2.45, 2.75) is 16.2 Å². The molecule has 112 valence electrons. The number of hydrogen-bond acceptors (Lipinski definition) is 5. The van der Waals surface area contributed by atoms with E-state index >= 15 is 0 Å². The van der Waals surface area contributed by atoms with Crippen LogP contribution in [-0.2, 0) is 21.1 Å². The Hall–Kier alpha value is -2.67. The van der Waals surface area contributed by atoms with Crippen LogP contribution in [0.15, 0.2) is 62.7 Å². The van der Waals surface area contributed by atoms with Gasteiger partial charge in [0.2, 0.25) is 15.7 Å². The van der Waals surface area contributed by atoms with E-state index in [0.29, 0.717) is 11.1 Å². The lowest BCUT2D eigenvalue weighted by molar-refractivity contribution is -0.136. The van der Waals surface area contributed by atoms with Crippen LogP contribution in [0.5, 0.6) is 0 Å². The van der Waals surface area contributed by atoms with Crippen molar-refractivity contribution in [1.82, 2.24) is 4.98 Å². The molecule has 0 aliphatic carbocycles. The SMILES string of the molecule is O=C(O)Cc1nc2cc(S(=O)(=O)c3ccccc3)ccc2o1. The number of aliphatic carboxylic acids is 1. The topological polar surface area (TPSA) is 97.5 Å². The number of hydrogen-bond donors (Lipinski definition) is 1. The lowest BCUT2D eigenvalue weighted by Crippen LogP contribution is -2.01. The monoisotopic (exact) mass is 317 g/mol. The molecule has 1 N–H and O–H groups in total. The van der Waals surface area contributed by atoms with E-state index in [1.807, 2.05) is 0 Å². The standard InChI is InChI=1S/C15H11NO5S/c17-15(18)9-14-16-12-8-11(6-7-13(12)21-14)22(19,20)10-4-2-1-3-5-10/h1-8H,9H2,(H,17,18). The number of oxazole rings is 1. The zero-order chi connectivity index (χ0) is 15.7. The summed E-state index contributed by atoms with van der Waals surface area (Å²) in [7, 11) is -3.64. The van der Waals surface area contributed by atoms with Gasteiger partial charge in [0, 0.05) is 0 Å². The summed E-state index contributed by atoms with van der Waals surface area (Å²) in [5, 5.41) is 8.73. The van der Waals surface area contributed by atoms with Gasteiger partial charge in [-0.3, -0.25) is 4.79 Å². The first-order chi connectivity index (χ1) is 10.5. The Balaban J connectivity index is 2.07. The molecule has 0 atom stereocenters. The molecular formula is C15H11NO5S. The van der Waals surface area contributed by atoms with E-state index in [2.05, 4.69) is 4.98 Å². The Labute approximate surface area is 125 Å². The molecule has 6 nitrogen and oxygen atoms in total. The van der Waals surface area contributed by atoms with Crippen molar-refractivity contribution in [3.05, 3.63) is 54.4 Å². The Morgan fingerprint density at radius 1 is 1.09 bits per heavy atom. The number of rotatable bonds is 4. The number of nitrogens with zero attached hydrogens (tertiary/aromatic N) is 1. The van der Waals surface area contributed by atoms with Gasteiger partial charge in [0.25, 0.3) is 0 Å². The van der Waals surface area contributed by atoms with Gasteiger partial charge < -0.3 is 9.52 Å². The lowest BCUT2D eigenvalue weighted by Gasteiger charge is -2.03. The summed E-state index contributed by atoms with van der Waals surface area (Å²) in [5.74, 6) is -1.03. The highest BCUT2D eigenvalue weighted by molar-refractivity contribution is 7.91. The first-order valence-corrected chi connectivity index (χ1v) is 7.86. The first-order valence-electron chi connectivity index (χ1n) is 6.38. The molecule has 3 aromatic rings. The zero-order valence-corrected chi connectivity index (χ0v) is 12.1. The van der Waals surface area contributed by atoms with Crippen LogP contribution in [0, 0.1) is 0 Å². The summed E-state index contributed by atoms with van der Waals surface area (Å²) in [5.41, 5.74) is 0.663. The summed E-state index contributed by atoms with van der Waals surface area (Å²) >= 11 is 0. The van der Waals surface area contributed by atoms with E-state index in [4.69, 9.17) is 9.52 Å². The molecule has 2 aromatic carbocycles. The molecule has 3 rings (SSSR count). The maximum atomic E-state index is 12.5. The van der Waals surface area contributed by atoms with Gasteiger partial charge in [-0.1, -0.05) is 18.2 Å². The number of sulfone groups is 1. The van der Waals surface area contributed by atoms with E-state index < -0.39 is 15.8 Å². The van der Waals surface area contributed by atoms with Gasteiger partial charge in [0.15, 0.2) is 5.58 Å². The number of carbonyl (C=O) groups is 1. The minimum Gasteiger partial charge on any atom is -0.481 e. The second-order valence-corrected chi connectivity index (χ2v) is 6.57. The van der Waals surface area contributed by atoms with Gasteiger partial charge in [0.05, 0.1) is 9.79 Å². The molecule has 22 heavy (non-hydrogen) atoms. The molecule has 0 spiro atoms. The molecule has 0 unspecified atom stereocenters. The average Bonchev–Trinajstić information content (AvgIpc) is 2.88. The molecular weight excluding hydrogens is 306 g/mol. The Kier molecular flexibility index (Phi) is 3.42. The fraction of sp³-hybridized carbons (Fsp3) is 0.0667. The Bertz CT molecular complexity index is 944. The molecule has 1 aromatic heterocycles. The molecule has 0 fully saturated rings. The fourth-order valence-corrected chi connectivity index (χ4v) is 3.36. The van der Waals surface area contributed by atoms with E-state index in [1.165, 1.54) is 30.3 Å². The van der Waals surface area contributed by atoms with E-state index in [1.54, 1.807) is 18.2 Å². The van der Waals surface area contributed by atoms with Crippen molar-refractivity contribution in [3.63, 3.8) is 0 Å². The molecule has 0 saturated carbocycles. The minimum atomic E-state index is -3.64. The highest BCUT2D eigenvalue weighted by Crippen LogP contribution is 2.25. The van der Waals surface area contributed by atoms with Crippen molar-refractivity contribution in [2.24, 2.45) is 0 Å². The van der Waals surface area contributed by atoms with Gasteiger partial charge in [-0.2, -0.15) is 0 Å². The van der Waals surface area contributed by atoms with E-state index in [0.717, 1.165) is 0 Å². The summed E-state index contributed by atoms with van der Waals surface area (Å²) < 4.78 is 30.3. The normalized spacial score (nSPS) is 11.6. The molecule has 1 heterocycles. The van der Waals surface area contributed by atoms with Crippen LogP contribution in [0.4, 0.5) is 0 Å². The highest BCUT2D eigenvalue weighted by atomic mass is 32.2. The van der Waals surface area contributed by atoms with Crippen LogP contribution < -0.4 is 0 Å². The molecule has 0 amide bonds. The van der Waals surface area contributed by atoms with E-state index in [9.17, 15) is 13.2 Å². The summed E-state index contributed by atoms with van der Waals surface area (Å²) in [4.78, 5) is 14.9. The van der Waals surface area contributed by atoms with Crippen molar-refractivity contribution < 1.29 is 22.7 Å². The lowest BCUT2D eigenvalue weighted by atomic mass is 10.3. The number of benzene rings is 2. The minimum absolute atomic E-state index is 0.0387. The average molecular weight is 317 g/mol. The van der Waals surface area contributed by atoms with Crippen molar-refractivity contribution in [1.29, 1.82) is 0 Å². The number of carboxylic acids is 1. The van der Waals surface area contributed by atoms with Gasteiger partial charge >= 0.3 is 5.97 Å². The molecule has 0 aliphatic heterocycles. The molecule has 0 radical (unpaired) electrons. The number of aromatic nitrogens is 1. The first kappa shape index (κ1) is 14.3. The third kappa shape index (κ3) is 2.58. The third-order valence-electron chi connectivity index (χ3n) is 3.07. The van der Waals surface area contributed by atoms with Crippen LogP contribution in [0.3, 0.4) is 0 Å². The summed E-state index contributed by atoms with van der Waals surface area (Å²) in [6, 6.07) is 12.3. The molecule has 7 heteroatoms. The number of carboxylic acid groups (broad SMARTS) is 1. The second-order valence-electron chi connectivity index (χ2n) is 4.62. The van der Waals surface area contributed by atoms with Gasteiger partial charge in [-0.25, -0.2) is 13.4 Å². The molecule has 0 bridgehead atoms.